The number of carbonyl (C=O) groups excluding carboxylic acids is 6. The molecule has 0 amide bonds. The van der Waals surface area contributed by atoms with Gasteiger partial charge in [-0.1, -0.05) is 27.7 Å². The van der Waals surface area contributed by atoms with Crippen LogP contribution in [-0.4, -0.2) is 232 Å². The molecule has 4 rings (SSSR count). The van der Waals surface area contributed by atoms with E-state index >= 15 is 0 Å². The summed E-state index contributed by atoms with van der Waals surface area (Å²) in [7, 11) is -38.8. The van der Waals surface area contributed by atoms with Crippen molar-refractivity contribution >= 4 is 232 Å². The molecule has 26 nitrogen and oxygen atoms in total. The SMILES string of the molecule is CC(=O)C(C)C[Si](C)(O[SiH](C)C)O[SiH](C)C.CC(=O)C(C)C[Si]1(C)O[SiH](C)O[SiH](C)O[SiH](C)O1.CC(=O)C(C)C[Si]1(C)O[SiH](C)O[SiH](C)O[SiH](C)O1.CC(=O)C(C)C[Si]1(C)O[SiH](C)O[Si](C)(C)O[SiH](C)O1.CC(=O)CC[Si](C)(O[SiH](C)C)O[SiH](C)C.CC(=O)CC[Si]1(C)O[SiH](C)O[Si](C)(C)O[SiH](C)O1. The number of ketones is 6. The van der Waals surface area contributed by atoms with E-state index in [9.17, 15) is 28.8 Å². The molecule has 4 aliphatic heterocycles. The first-order chi connectivity index (χ1) is 47.0. The summed E-state index contributed by atoms with van der Waals surface area (Å²) < 4.78 is 121. The average Bonchev–Trinajstić information content (AvgIpc) is 0.834. The predicted octanol–water partition coefficient (Wildman–Crippen LogP) is 9.44. The smallest absolute Gasteiger partial charge is 0.317 e. The second kappa shape index (κ2) is 50.5. The first-order valence-electron chi connectivity index (χ1n) is 37.5. The largest absolute Gasteiger partial charge is 0.439 e. The minimum atomic E-state index is -2.36. The number of carbonyl (C=O) groups is 6. The first-order valence-corrected chi connectivity index (χ1v) is 90.3. The molecule has 0 bridgehead atoms. The lowest BCUT2D eigenvalue weighted by atomic mass is 10.1. The molecular weight excluding hydrogens is 1710 g/mol. The summed E-state index contributed by atoms with van der Waals surface area (Å²) in [6.45, 7) is 75.4. The Bertz CT molecular complexity index is 2410. The normalized spacial score (nSPS) is 31.0. The number of hydrogen-bond acceptors (Lipinski definition) is 26. The molecule has 0 aromatic rings. The zero-order valence-electron chi connectivity index (χ0n) is 71.7. The highest BCUT2D eigenvalue weighted by molar-refractivity contribution is 6.87. The van der Waals surface area contributed by atoms with Crippen molar-refractivity contribution in [1.82, 2.24) is 0 Å². The summed E-state index contributed by atoms with van der Waals surface area (Å²) in [4.78, 5) is 67.7. The van der Waals surface area contributed by atoms with Crippen molar-refractivity contribution in [3.05, 3.63) is 0 Å². The molecule has 12 atom stereocenters. The van der Waals surface area contributed by atoms with Gasteiger partial charge in [-0.05, 0) is 261 Å². The van der Waals surface area contributed by atoms with E-state index in [0.29, 0.717) is 37.0 Å². The van der Waals surface area contributed by atoms with Crippen LogP contribution in [0.4, 0.5) is 0 Å². The zero-order valence-corrected chi connectivity index (χ0v) is 95.8. The molecule has 4 saturated heterocycles. The van der Waals surface area contributed by atoms with Gasteiger partial charge in [-0.2, -0.15) is 0 Å². The Morgan fingerprint density at radius 3 is 0.769 bits per heavy atom. The number of rotatable bonds is 26. The van der Waals surface area contributed by atoms with Gasteiger partial charge >= 0.3 is 106 Å². The van der Waals surface area contributed by atoms with Crippen LogP contribution in [0.3, 0.4) is 0 Å². The van der Waals surface area contributed by atoms with Gasteiger partial charge in [0.2, 0.25) is 0 Å². The van der Waals surface area contributed by atoms with E-state index in [4.69, 9.17) is 82.3 Å². The van der Waals surface area contributed by atoms with Crippen LogP contribution in [0.5, 0.6) is 0 Å². The molecule has 104 heavy (non-hydrogen) atoms. The van der Waals surface area contributed by atoms with Crippen molar-refractivity contribution in [3.63, 3.8) is 0 Å². The second-order valence-electron chi connectivity index (χ2n) is 31.2. The highest BCUT2D eigenvalue weighted by atomic mass is 28.5. The maximum absolute atomic E-state index is 11.5. The van der Waals surface area contributed by atoms with E-state index in [-0.39, 0.29) is 58.4 Å². The highest BCUT2D eigenvalue weighted by Gasteiger charge is 2.47. The molecule has 0 aromatic carbocycles. The Kier molecular flexibility index (Phi) is 52.4. The average molecular weight is 1860 g/mol. The highest BCUT2D eigenvalue weighted by Crippen LogP contribution is 2.31. The molecule has 12 unspecified atom stereocenters. The van der Waals surface area contributed by atoms with Crippen molar-refractivity contribution in [2.45, 2.75) is 302 Å². The van der Waals surface area contributed by atoms with E-state index in [1.165, 1.54) is 0 Å². The van der Waals surface area contributed by atoms with Crippen LogP contribution in [0.25, 0.3) is 0 Å². The molecule has 616 valence electrons. The summed E-state index contributed by atoms with van der Waals surface area (Å²) in [5, 5.41) is 0. The fourth-order valence-corrected chi connectivity index (χ4v) is 97.1. The van der Waals surface area contributed by atoms with Crippen molar-refractivity contribution < 1.29 is 111 Å². The number of hydrogen-bond donors (Lipinski definition) is 0. The van der Waals surface area contributed by atoms with Crippen LogP contribution in [0, 0.1) is 23.7 Å². The third kappa shape index (κ3) is 51.8. The third-order valence-electron chi connectivity index (χ3n) is 15.9. The third-order valence-corrected chi connectivity index (χ3v) is 92.4. The molecule has 0 aromatic heterocycles. The topological polar surface area (TPSA) is 287 Å². The quantitative estimate of drug-likeness (QED) is 0.0728. The molecule has 4 aliphatic rings. The van der Waals surface area contributed by atoms with Crippen LogP contribution < -0.4 is 0 Å². The fraction of sp³-hybridized carbons (Fsp3) is 0.893. The van der Waals surface area contributed by atoms with Crippen LogP contribution in [0.1, 0.15) is 82.1 Å². The lowest BCUT2D eigenvalue weighted by Crippen LogP contribution is -2.57. The number of Topliss-reactive ketones (excluding diaryl/α,β-unsaturated/α-hetero) is 6. The monoisotopic (exact) mass is 1850 g/mol. The van der Waals surface area contributed by atoms with Gasteiger partial charge in [-0.3, -0.25) is 19.2 Å². The van der Waals surface area contributed by atoms with Gasteiger partial charge in [-0.15, -0.1) is 0 Å². The van der Waals surface area contributed by atoms with Gasteiger partial charge in [0.05, 0.1) is 0 Å². The van der Waals surface area contributed by atoms with Crippen LogP contribution in [-0.2, 0) is 111 Å². The van der Waals surface area contributed by atoms with E-state index in [1.54, 1.807) is 41.5 Å². The van der Waals surface area contributed by atoms with E-state index in [0.717, 1.165) is 12.1 Å². The Morgan fingerprint density at radius 2 is 0.548 bits per heavy atom. The van der Waals surface area contributed by atoms with Gasteiger partial charge < -0.3 is 91.9 Å². The van der Waals surface area contributed by atoms with Crippen molar-refractivity contribution in [3.8, 4) is 0 Å². The lowest BCUT2D eigenvalue weighted by Gasteiger charge is -2.40. The van der Waals surface area contributed by atoms with E-state index < -0.39 is 197 Å². The van der Waals surface area contributed by atoms with Crippen molar-refractivity contribution in [2.75, 3.05) is 0 Å². The molecule has 4 fully saturated rings. The van der Waals surface area contributed by atoms with Gasteiger partial charge in [0.25, 0.3) is 55.7 Å². The summed E-state index contributed by atoms with van der Waals surface area (Å²) in [6, 6.07) is 4.40. The van der Waals surface area contributed by atoms with Crippen LogP contribution in [0.15, 0.2) is 0 Å². The van der Waals surface area contributed by atoms with Gasteiger partial charge in [0.15, 0.2) is 36.2 Å². The molecule has 0 N–H and O–H groups in total. The fourth-order valence-electron chi connectivity index (χ4n) is 12.2. The molecule has 4 heterocycles. The van der Waals surface area contributed by atoms with E-state index in [2.05, 4.69) is 65.5 Å². The Balaban J connectivity index is 0. The maximum Gasteiger partial charge on any atom is 0.317 e. The minimum Gasteiger partial charge on any atom is -0.439 e. The summed E-state index contributed by atoms with van der Waals surface area (Å²) in [5.74, 6) is 1.22. The molecule has 0 saturated carbocycles. The molecule has 48 heteroatoms. The van der Waals surface area contributed by atoms with Gasteiger partial charge in [0, 0.05) is 36.5 Å². The molecule has 0 radical (unpaired) electrons. The van der Waals surface area contributed by atoms with Crippen LogP contribution in [0.2, 0.25) is 220 Å². The van der Waals surface area contributed by atoms with Gasteiger partial charge in [-0.25, -0.2) is 0 Å². The molecule has 0 spiro atoms. The summed E-state index contributed by atoms with van der Waals surface area (Å²) in [5.41, 5.74) is 0. The molecule has 0 aliphatic carbocycles. The zero-order chi connectivity index (χ0) is 81.7. The second-order valence-corrected chi connectivity index (χ2v) is 92.2. The summed E-state index contributed by atoms with van der Waals surface area (Å²) >= 11 is 0. The Hall–Kier alpha value is 1.99. The van der Waals surface area contributed by atoms with Gasteiger partial charge in [0.1, 0.15) is 34.7 Å². The Morgan fingerprint density at radius 1 is 0.327 bits per heavy atom. The predicted molar refractivity (Wildman–Crippen MR) is 471 cm³/mol. The van der Waals surface area contributed by atoms with Crippen LogP contribution >= 0.6 is 0 Å². The molecular formula is C56H148O26Si22. The Labute approximate surface area is 663 Å². The standard InChI is InChI=1S/C10H26O5Si4.C10H26O3Si3.3C9H24O5Si4.C9H24O3Si3/c1-9(10(2)11)8-19(7)14-16(3)12-18(5,6)13-17(4)15-19;1-9(10(2)11)8-16(7,12-14(3)4)13-15(5)6;1-9(10)7-8-18(6)13-15(2)11-17(4,5)12-16(3)14-18;2*1-8(9(2)10)7-18(6)13-16(4)11-15(3)12-17(5)14-18;1-9(10)7-8-15(6,11-13(2)3)12-14(4)5/h9,16-17H,8H2,1-7H3;9,14-15H,8H2,1-7H3;15-16H,7-8H2,1-6H3;2*8,15-17H,7H2,1-6H3;13-14H,7-8H2,1-6H3. The van der Waals surface area contributed by atoms with Crippen molar-refractivity contribution in [1.29, 1.82) is 0 Å². The maximum atomic E-state index is 11.5. The van der Waals surface area contributed by atoms with Crippen molar-refractivity contribution in [2.24, 2.45) is 23.7 Å². The minimum absolute atomic E-state index is 0.0156. The van der Waals surface area contributed by atoms with E-state index in [1.807, 2.05) is 146 Å². The lowest BCUT2D eigenvalue weighted by molar-refractivity contribution is -0.120. The summed E-state index contributed by atoms with van der Waals surface area (Å²) in [6.07, 6.45) is 1.12. The first kappa shape index (κ1) is 108.